The zero-order valence-electron chi connectivity index (χ0n) is 8.38. The van der Waals surface area contributed by atoms with Crippen LogP contribution in [0.25, 0.3) is 5.69 Å². The van der Waals surface area contributed by atoms with Crippen LogP contribution in [0.15, 0.2) is 24.3 Å². The van der Waals surface area contributed by atoms with Crippen LogP contribution in [0.4, 0.5) is 5.69 Å². The van der Waals surface area contributed by atoms with Gasteiger partial charge >= 0.3 is 0 Å². The Kier molecular flexibility index (Phi) is 2.82. The van der Waals surface area contributed by atoms with Gasteiger partial charge in [0.1, 0.15) is 0 Å². The van der Waals surface area contributed by atoms with Crippen molar-refractivity contribution < 1.29 is 4.79 Å². The number of benzene rings is 1. The van der Waals surface area contributed by atoms with E-state index >= 15 is 0 Å². The standard InChI is InChI=1S/C9H8ClN5O/c1-6(16)11-7-2-4-8(5-3-7)15-9(10)12-13-14-15/h2-5H,1H3,(H,11,16). The summed E-state index contributed by atoms with van der Waals surface area (Å²) in [5, 5.41) is 13.6. The van der Waals surface area contributed by atoms with Crippen LogP contribution < -0.4 is 5.32 Å². The highest BCUT2D eigenvalue weighted by Crippen LogP contribution is 2.15. The molecule has 0 saturated heterocycles. The first kappa shape index (κ1) is 10.6. The molecular formula is C9H8ClN5O. The summed E-state index contributed by atoms with van der Waals surface area (Å²) in [5.41, 5.74) is 1.43. The first-order valence-electron chi connectivity index (χ1n) is 4.49. The van der Waals surface area contributed by atoms with Gasteiger partial charge < -0.3 is 5.32 Å². The number of hydrogen-bond acceptors (Lipinski definition) is 4. The van der Waals surface area contributed by atoms with Crippen molar-refractivity contribution in [3.8, 4) is 5.69 Å². The molecule has 1 aromatic heterocycles. The lowest BCUT2D eigenvalue weighted by atomic mass is 10.3. The number of amides is 1. The molecule has 0 aliphatic rings. The summed E-state index contributed by atoms with van der Waals surface area (Å²) in [6.07, 6.45) is 0. The van der Waals surface area contributed by atoms with Crippen LogP contribution >= 0.6 is 11.6 Å². The number of hydrogen-bond donors (Lipinski definition) is 1. The van der Waals surface area contributed by atoms with Crippen molar-refractivity contribution in [2.75, 3.05) is 5.32 Å². The molecular weight excluding hydrogens is 230 g/mol. The normalized spacial score (nSPS) is 10.1. The third-order valence-corrected chi connectivity index (χ3v) is 2.10. The number of halogens is 1. The number of nitrogens with zero attached hydrogens (tertiary/aromatic N) is 4. The fourth-order valence-electron chi connectivity index (χ4n) is 1.22. The van der Waals surface area contributed by atoms with Gasteiger partial charge in [-0.3, -0.25) is 4.79 Å². The molecule has 0 aliphatic heterocycles. The van der Waals surface area contributed by atoms with Crippen molar-refractivity contribution in [2.24, 2.45) is 0 Å². The Bertz CT molecular complexity index is 507. The van der Waals surface area contributed by atoms with E-state index in [9.17, 15) is 4.79 Å². The van der Waals surface area contributed by atoms with E-state index in [1.807, 2.05) is 0 Å². The van der Waals surface area contributed by atoms with E-state index < -0.39 is 0 Å². The van der Waals surface area contributed by atoms with Gasteiger partial charge in [0.25, 0.3) is 0 Å². The smallest absolute Gasteiger partial charge is 0.247 e. The van der Waals surface area contributed by atoms with Crippen molar-refractivity contribution in [1.29, 1.82) is 0 Å². The second-order valence-corrected chi connectivity index (χ2v) is 3.43. The third kappa shape index (κ3) is 2.17. The third-order valence-electron chi connectivity index (χ3n) is 1.86. The molecule has 0 aliphatic carbocycles. The van der Waals surface area contributed by atoms with Crippen LogP contribution in [-0.4, -0.2) is 26.1 Å². The zero-order chi connectivity index (χ0) is 11.5. The number of carbonyl (C=O) groups is 1. The second kappa shape index (κ2) is 4.28. The molecule has 0 saturated carbocycles. The van der Waals surface area contributed by atoms with E-state index in [1.165, 1.54) is 11.6 Å². The summed E-state index contributed by atoms with van der Waals surface area (Å²) in [7, 11) is 0. The molecule has 1 heterocycles. The van der Waals surface area contributed by atoms with Gasteiger partial charge in [0.05, 0.1) is 5.69 Å². The fraction of sp³-hybridized carbons (Fsp3) is 0.111. The van der Waals surface area contributed by atoms with Crippen molar-refractivity contribution in [1.82, 2.24) is 20.2 Å². The molecule has 1 aromatic carbocycles. The summed E-state index contributed by atoms with van der Waals surface area (Å²) in [6, 6.07) is 7.00. The van der Waals surface area contributed by atoms with Crippen LogP contribution in [0.1, 0.15) is 6.92 Å². The predicted octanol–water partition coefficient (Wildman–Crippen LogP) is 1.27. The Labute approximate surface area is 96.2 Å². The van der Waals surface area contributed by atoms with Crippen LogP contribution in [0, 0.1) is 0 Å². The van der Waals surface area contributed by atoms with Gasteiger partial charge in [0.15, 0.2) is 0 Å². The van der Waals surface area contributed by atoms with E-state index in [4.69, 9.17) is 11.6 Å². The molecule has 0 atom stereocenters. The Balaban J connectivity index is 2.26. The number of anilines is 1. The monoisotopic (exact) mass is 237 g/mol. The minimum atomic E-state index is -0.117. The largest absolute Gasteiger partial charge is 0.326 e. The Morgan fingerprint density at radius 2 is 2.06 bits per heavy atom. The molecule has 0 radical (unpaired) electrons. The van der Waals surface area contributed by atoms with Crippen LogP contribution in [-0.2, 0) is 4.79 Å². The summed E-state index contributed by atoms with van der Waals surface area (Å²) >= 11 is 5.76. The van der Waals surface area contributed by atoms with Crippen molar-refractivity contribution in [3.63, 3.8) is 0 Å². The molecule has 7 heteroatoms. The number of aromatic nitrogens is 4. The topological polar surface area (TPSA) is 72.7 Å². The predicted molar refractivity (Wildman–Crippen MR) is 58.5 cm³/mol. The van der Waals surface area contributed by atoms with Gasteiger partial charge in [0.2, 0.25) is 11.2 Å². The van der Waals surface area contributed by atoms with Crippen LogP contribution in [0.2, 0.25) is 5.28 Å². The van der Waals surface area contributed by atoms with Crippen LogP contribution in [0.3, 0.4) is 0 Å². The van der Waals surface area contributed by atoms with Crippen molar-refractivity contribution >= 4 is 23.2 Å². The highest BCUT2D eigenvalue weighted by Gasteiger charge is 2.04. The molecule has 1 N–H and O–H groups in total. The lowest BCUT2D eigenvalue weighted by molar-refractivity contribution is -0.114. The Morgan fingerprint density at radius 1 is 1.38 bits per heavy atom. The average Bonchev–Trinajstić information content (AvgIpc) is 2.65. The summed E-state index contributed by atoms with van der Waals surface area (Å²) < 4.78 is 1.39. The van der Waals surface area contributed by atoms with Gasteiger partial charge in [0, 0.05) is 12.6 Å². The van der Waals surface area contributed by atoms with Crippen molar-refractivity contribution in [3.05, 3.63) is 29.5 Å². The number of rotatable bonds is 2. The molecule has 0 unspecified atom stereocenters. The SMILES string of the molecule is CC(=O)Nc1ccc(-n2nnnc2Cl)cc1. The Morgan fingerprint density at radius 3 is 2.56 bits per heavy atom. The number of tetrazole rings is 1. The van der Waals surface area contributed by atoms with Gasteiger partial charge in [-0.15, -0.1) is 0 Å². The van der Waals surface area contributed by atoms with Crippen molar-refractivity contribution in [2.45, 2.75) is 6.92 Å². The highest BCUT2D eigenvalue weighted by atomic mass is 35.5. The molecule has 1 amide bonds. The van der Waals surface area contributed by atoms with E-state index in [-0.39, 0.29) is 11.2 Å². The quantitative estimate of drug-likeness (QED) is 0.854. The first-order chi connectivity index (χ1) is 7.66. The first-order valence-corrected chi connectivity index (χ1v) is 4.86. The molecule has 82 valence electrons. The molecule has 16 heavy (non-hydrogen) atoms. The summed E-state index contributed by atoms with van der Waals surface area (Å²) in [6.45, 7) is 1.45. The second-order valence-electron chi connectivity index (χ2n) is 3.09. The molecule has 0 bridgehead atoms. The van der Waals surface area contributed by atoms with E-state index in [0.717, 1.165) is 5.69 Å². The number of carbonyl (C=O) groups excluding carboxylic acids is 1. The maximum absolute atomic E-state index is 10.8. The van der Waals surface area contributed by atoms with Gasteiger partial charge in [-0.25, -0.2) is 0 Å². The summed E-state index contributed by atoms with van der Waals surface area (Å²) in [5.74, 6) is -0.117. The maximum Gasteiger partial charge on any atom is 0.247 e. The molecule has 2 aromatic rings. The highest BCUT2D eigenvalue weighted by molar-refractivity contribution is 6.28. The lowest BCUT2D eigenvalue weighted by Gasteiger charge is -2.03. The fourth-order valence-corrected chi connectivity index (χ4v) is 1.39. The van der Waals surface area contributed by atoms with Gasteiger partial charge in [-0.2, -0.15) is 4.68 Å². The van der Waals surface area contributed by atoms with Crippen LogP contribution in [0.5, 0.6) is 0 Å². The minimum absolute atomic E-state index is 0.117. The van der Waals surface area contributed by atoms with Gasteiger partial charge in [-0.05, 0) is 46.3 Å². The molecule has 0 fully saturated rings. The minimum Gasteiger partial charge on any atom is -0.326 e. The average molecular weight is 238 g/mol. The lowest BCUT2D eigenvalue weighted by Crippen LogP contribution is -2.05. The number of nitrogens with one attached hydrogen (secondary N) is 1. The zero-order valence-corrected chi connectivity index (χ0v) is 9.14. The summed E-state index contributed by atoms with van der Waals surface area (Å²) in [4.78, 5) is 10.8. The van der Waals surface area contributed by atoms with E-state index in [1.54, 1.807) is 24.3 Å². The van der Waals surface area contributed by atoms with E-state index in [0.29, 0.717) is 5.69 Å². The molecule has 2 rings (SSSR count). The Hall–Kier alpha value is -1.95. The van der Waals surface area contributed by atoms with E-state index in [2.05, 4.69) is 20.8 Å². The molecule has 6 nitrogen and oxygen atoms in total. The maximum atomic E-state index is 10.8. The van der Waals surface area contributed by atoms with Gasteiger partial charge in [-0.1, -0.05) is 5.10 Å². The molecule has 0 spiro atoms.